The summed E-state index contributed by atoms with van der Waals surface area (Å²) in [6.45, 7) is 8.45. The van der Waals surface area contributed by atoms with Crippen molar-refractivity contribution in [2.45, 2.75) is 51.6 Å². The number of aryl methyl sites for hydroxylation is 1. The summed E-state index contributed by atoms with van der Waals surface area (Å²) in [7, 11) is 0. The first kappa shape index (κ1) is 24.4. The number of amides is 2. The third-order valence-electron chi connectivity index (χ3n) is 7.02. The Morgan fingerprint density at radius 1 is 1.09 bits per heavy atom. The molecular weight excluding hydrogens is 452 g/mol. The monoisotopic (exact) mass is 484 g/mol. The van der Waals surface area contributed by atoms with E-state index in [1.807, 2.05) is 11.8 Å². The van der Waals surface area contributed by atoms with Gasteiger partial charge >= 0.3 is 0 Å². The molecule has 2 amide bonds. The highest BCUT2D eigenvalue weighted by atomic mass is 35.5. The molecule has 0 saturated carbocycles. The number of piperazine rings is 1. The molecule has 2 N–H and O–H groups in total. The van der Waals surface area contributed by atoms with Gasteiger partial charge in [-0.15, -0.1) is 0 Å². The van der Waals surface area contributed by atoms with Gasteiger partial charge in [0.25, 0.3) is 11.8 Å². The number of halogens is 1. The van der Waals surface area contributed by atoms with Gasteiger partial charge in [0.1, 0.15) is 11.5 Å². The molecule has 182 valence electrons. The molecule has 2 fully saturated rings. The number of nitrogens with zero attached hydrogens (tertiary/aromatic N) is 5. The summed E-state index contributed by atoms with van der Waals surface area (Å²) in [4.78, 5) is 40.2. The third-order valence-corrected chi connectivity index (χ3v) is 7.27. The van der Waals surface area contributed by atoms with E-state index in [-0.39, 0.29) is 11.6 Å². The van der Waals surface area contributed by atoms with E-state index in [0.29, 0.717) is 29.1 Å². The molecule has 1 aromatic carbocycles. The van der Waals surface area contributed by atoms with Crippen molar-refractivity contribution in [2.75, 3.05) is 37.6 Å². The minimum atomic E-state index is -0.550. The standard InChI is InChI=1S/C25H33ClN6O2/c1-3-19-16-31(24-21(4-2)29-22(15-28-24)23(27)33)13-14-32(19)20-9-11-30(12-10-20)25(34)17-5-7-18(26)8-6-17/h5-8,15,19-20H,3-4,9-14,16H2,1-2H3,(H2,27,33)/t19-/m0/s1. The Kier molecular flexibility index (Phi) is 7.68. The smallest absolute Gasteiger partial charge is 0.268 e. The normalized spacial score (nSPS) is 19.9. The van der Waals surface area contributed by atoms with Crippen LogP contribution in [-0.4, -0.2) is 76.4 Å². The highest BCUT2D eigenvalue weighted by Crippen LogP contribution is 2.27. The Hall–Kier alpha value is -2.71. The van der Waals surface area contributed by atoms with Crippen LogP contribution in [0.5, 0.6) is 0 Å². The fourth-order valence-corrected chi connectivity index (χ4v) is 5.25. The second-order valence-electron chi connectivity index (χ2n) is 9.02. The van der Waals surface area contributed by atoms with E-state index in [9.17, 15) is 9.59 Å². The molecule has 0 spiro atoms. The van der Waals surface area contributed by atoms with Crippen LogP contribution < -0.4 is 10.6 Å². The molecule has 0 radical (unpaired) electrons. The quantitative estimate of drug-likeness (QED) is 0.677. The predicted octanol–water partition coefficient (Wildman–Crippen LogP) is 3.00. The van der Waals surface area contributed by atoms with Crippen LogP contribution in [0.25, 0.3) is 0 Å². The average molecular weight is 485 g/mol. The molecule has 4 rings (SSSR count). The van der Waals surface area contributed by atoms with E-state index in [2.05, 4.69) is 26.7 Å². The first-order chi connectivity index (χ1) is 16.4. The van der Waals surface area contributed by atoms with E-state index in [4.69, 9.17) is 17.3 Å². The van der Waals surface area contributed by atoms with Gasteiger partial charge in [0, 0.05) is 55.4 Å². The first-order valence-corrected chi connectivity index (χ1v) is 12.5. The number of hydrogen-bond acceptors (Lipinski definition) is 6. The van der Waals surface area contributed by atoms with Gasteiger partial charge in [-0.05, 0) is 49.9 Å². The lowest BCUT2D eigenvalue weighted by Gasteiger charge is -2.47. The Bertz CT molecular complexity index is 1020. The van der Waals surface area contributed by atoms with E-state index in [0.717, 1.165) is 63.5 Å². The molecule has 2 saturated heterocycles. The Morgan fingerprint density at radius 3 is 2.41 bits per heavy atom. The minimum absolute atomic E-state index is 0.0806. The number of benzene rings is 1. The molecule has 1 atom stereocenters. The van der Waals surface area contributed by atoms with Gasteiger partial charge in [-0.2, -0.15) is 0 Å². The second kappa shape index (κ2) is 10.7. The topological polar surface area (TPSA) is 95.7 Å². The molecule has 34 heavy (non-hydrogen) atoms. The third kappa shape index (κ3) is 5.18. The van der Waals surface area contributed by atoms with Crippen molar-refractivity contribution >= 4 is 29.2 Å². The van der Waals surface area contributed by atoms with Crippen LogP contribution in [0.1, 0.15) is 59.7 Å². The zero-order valence-electron chi connectivity index (χ0n) is 19.9. The van der Waals surface area contributed by atoms with Crippen molar-refractivity contribution < 1.29 is 9.59 Å². The number of hydrogen-bond donors (Lipinski definition) is 1. The number of carbonyl (C=O) groups is 2. The maximum atomic E-state index is 12.9. The van der Waals surface area contributed by atoms with E-state index in [1.54, 1.807) is 24.3 Å². The Morgan fingerprint density at radius 2 is 1.79 bits per heavy atom. The summed E-state index contributed by atoms with van der Waals surface area (Å²) < 4.78 is 0. The van der Waals surface area contributed by atoms with E-state index >= 15 is 0 Å². The molecule has 1 aromatic heterocycles. The Balaban J connectivity index is 1.38. The van der Waals surface area contributed by atoms with Crippen molar-refractivity contribution in [1.29, 1.82) is 0 Å². The molecule has 2 aromatic rings. The molecule has 8 nitrogen and oxygen atoms in total. The molecule has 3 heterocycles. The van der Waals surface area contributed by atoms with Crippen LogP contribution in [0, 0.1) is 0 Å². The van der Waals surface area contributed by atoms with Crippen LogP contribution in [0.3, 0.4) is 0 Å². The lowest BCUT2D eigenvalue weighted by Crippen LogP contribution is -2.59. The van der Waals surface area contributed by atoms with Gasteiger partial charge < -0.3 is 15.5 Å². The lowest BCUT2D eigenvalue weighted by molar-refractivity contribution is 0.0490. The highest BCUT2D eigenvalue weighted by molar-refractivity contribution is 6.30. The molecule has 2 aliphatic heterocycles. The number of carbonyl (C=O) groups excluding carboxylic acids is 2. The number of anilines is 1. The Labute approximate surface area is 206 Å². The molecule has 0 aliphatic carbocycles. The summed E-state index contributed by atoms with van der Waals surface area (Å²) in [5.74, 6) is 0.386. The second-order valence-corrected chi connectivity index (χ2v) is 9.46. The van der Waals surface area contributed by atoms with Gasteiger partial charge in [0.05, 0.1) is 11.9 Å². The van der Waals surface area contributed by atoms with Crippen molar-refractivity contribution in [3.05, 3.63) is 52.4 Å². The SMILES string of the molecule is CCc1nc(C(N)=O)cnc1N1CCN(C2CCN(C(=O)c3ccc(Cl)cc3)CC2)[C@@H](CC)C1. The van der Waals surface area contributed by atoms with Gasteiger partial charge in [-0.1, -0.05) is 25.4 Å². The van der Waals surface area contributed by atoms with Gasteiger partial charge in [0.15, 0.2) is 0 Å². The molecule has 9 heteroatoms. The van der Waals surface area contributed by atoms with Crippen molar-refractivity contribution in [1.82, 2.24) is 19.8 Å². The van der Waals surface area contributed by atoms with Crippen molar-refractivity contribution in [2.24, 2.45) is 5.73 Å². The molecule has 0 unspecified atom stereocenters. The number of likely N-dealkylation sites (tertiary alicyclic amines) is 1. The number of aromatic nitrogens is 2. The summed E-state index contributed by atoms with van der Waals surface area (Å²) in [6.07, 6.45) is 5.17. The highest BCUT2D eigenvalue weighted by Gasteiger charge is 2.35. The zero-order valence-corrected chi connectivity index (χ0v) is 20.7. The summed E-state index contributed by atoms with van der Waals surface area (Å²) >= 11 is 5.96. The van der Waals surface area contributed by atoms with Gasteiger partial charge in [-0.3, -0.25) is 14.5 Å². The van der Waals surface area contributed by atoms with Crippen LogP contribution in [0.4, 0.5) is 5.82 Å². The number of primary amides is 1. The van der Waals surface area contributed by atoms with Crippen LogP contribution >= 0.6 is 11.6 Å². The van der Waals surface area contributed by atoms with Gasteiger partial charge in [-0.25, -0.2) is 9.97 Å². The van der Waals surface area contributed by atoms with Crippen LogP contribution in [0.2, 0.25) is 5.02 Å². The summed E-state index contributed by atoms with van der Waals surface area (Å²) in [5, 5.41) is 0.640. The molecular formula is C25H33ClN6O2. The number of piperidine rings is 1. The van der Waals surface area contributed by atoms with Gasteiger partial charge in [0.2, 0.25) is 0 Å². The van der Waals surface area contributed by atoms with Crippen molar-refractivity contribution in [3.8, 4) is 0 Å². The average Bonchev–Trinajstić information content (AvgIpc) is 2.88. The van der Waals surface area contributed by atoms with E-state index in [1.165, 1.54) is 6.20 Å². The van der Waals surface area contributed by atoms with Crippen molar-refractivity contribution in [3.63, 3.8) is 0 Å². The van der Waals surface area contributed by atoms with Crippen LogP contribution in [0.15, 0.2) is 30.5 Å². The summed E-state index contributed by atoms with van der Waals surface area (Å²) in [6, 6.07) is 8.00. The first-order valence-electron chi connectivity index (χ1n) is 12.1. The summed E-state index contributed by atoms with van der Waals surface area (Å²) in [5.41, 5.74) is 7.11. The van der Waals surface area contributed by atoms with Crippen LogP contribution in [-0.2, 0) is 6.42 Å². The predicted molar refractivity (Wildman–Crippen MR) is 133 cm³/mol. The number of nitrogens with two attached hydrogens (primary N) is 1. The molecule has 2 aliphatic rings. The minimum Gasteiger partial charge on any atom is -0.364 e. The van der Waals surface area contributed by atoms with E-state index < -0.39 is 5.91 Å². The lowest BCUT2D eigenvalue weighted by atomic mass is 9.97. The largest absolute Gasteiger partial charge is 0.364 e. The maximum Gasteiger partial charge on any atom is 0.268 e. The maximum absolute atomic E-state index is 12.9. The number of rotatable bonds is 6. The fraction of sp³-hybridized carbons (Fsp3) is 0.520. The zero-order chi connectivity index (χ0) is 24.2. The fourth-order valence-electron chi connectivity index (χ4n) is 5.12. The molecule has 0 bridgehead atoms.